The van der Waals surface area contributed by atoms with Gasteiger partial charge in [-0.2, -0.15) is 0 Å². The Morgan fingerprint density at radius 1 is 1.18 bits per heavy atom. The second kappa shape index (κ2) is 9.25. The van der Waals surface area contributed by atoms with Crippen molar-refractivity contribution < 1.29 is 22.4 Å². The summed E-state index contributed by atoms with van der Waals surface area (Å²) < 4.78 is 42.1. The van der Waals surface area contributed by atoms with Gasteiger partial charge >= 0.3 is 6.03 Å². The maximum atomic E-state index is 13.6. The van der Waals surface area contributed by atoms with Crippen molar-refractivity contribution in [3.05, 3.63) is 0 Å². The Balaban J connectivity index is 1.35. The topological polar surface area (TPSA) is 126 Å². The summed E-state index contributed by atoms with van der Waals surface area (Å²) in [5.41, 5.74) is 2.25. The number of urea groups is 1. The molecule has 3 saturated heterocycles. The van der Waals surface area contributed by atoms with Crippen molar-refractivity contribution in [2.75, 3.05) is 53.1 Å². The number of hydrogen-bond donors (Lipinski definition) is 4. The number of carbonyl (C=O) groups is 2. The van der Waals surface area contributed by atoms with E-state index in [0.717, 1.165) is 13.1 Å². The lowest BCUT2D eigenvalue weighted by Gasteiger charge is -2.49. The Bertz CT molecular complexity index is 911. The fourth-order valence-corrected chi connectivity index (χ4v) is 7.83. The predicted molar refractivity (Wildman–Crippen MR) is 123 cm³/mol. The lowest BCUT2D eigenvalue weighted by molar-refractivity contribution is -0.141. The molecule has 13 heteroatoms. The van der Waals surface area contributed by atoms with Crippen LogP contribution in [0.5, 0.6) is 0 Å². The average molecular weight is 502 g/mol. The van der Waals surface area contributed by atoms with Crippen LogP contribution in [0.1, 0.15) is 32.1 Å². The Morgan fingerprint density at radius 2 is 1.97 bits per heavy atom. The summed E-state index contributed by atoms with van der Waals surface area (Å²) in [4.78, 5) is 30.3. The van der Waals surface area contributed by atoms with Crippen molar-refractivity contribution in [2.45, 2.75) is 55.0 Å². The molecule has 0 radical (unpaired) electrons. The third-order valence-electron chi connectivity index (χ3n) is 8.08. The second-order valence-corrected chi connectivity index (χ2v) is 12.7. The van der Waals surface area contributed by atoms with E-state index in [4.69, 9.17) is 0 Å². The highest BCUT2D eigenvalue weighted by atomic mass is 32.2. The van der Waals surface area contributed by atoms with Crippen LogP contribution in [0.3, 0.4) is 0 Å². The highest BCUT2D eigenvalue weighted by Gasteiger charge is 2.53. The van der Waals surface area contributed by atoms with Gasteiger partial charge in [0.05, 0.1) is 16.7 Å². The van der Waals surface area contributed by atoms with Gasteiger partial charge in [-0.05, 0) is 32.1 Å². The minimum absolute atomic E-state index is 0.0846. The van der Waals surface area contributed by atoms with Crippen LogP contribution in [0.25, 0.3) is 0 Å². The van der Waals surface area contributed by atoms with Crippen molar-refractivity contribution in [1.29, 1.82) is 0 Å². The summed E-state index contributed by atoms with van der Waals surface area (Å²) in [5.74, 6) is -0.730. The lowest BCUT2D eigenvalue weighted by atomic mass is 9.80. The molecular formula is C21H36FN7O4S. The summed E-state index contributed by atoms with van der Waals surface area (Å²) in [6, 6.07) is -0.504. The molecule has 0 aromatic heterocycles. The largest absolute Gasteiger partial charge is 0.327 e. The van der Waals surface area contributed by atoms with Gasteiger partial charge in [0.25, 0.3) is 0 Å². The van der Waals surface area contributed by atoms with Gasteiger partial charge in [0, 0.05) is 64.4 Å². The normalized spacial score (nSPS) is 36.2. The number of fused-ring (bicyclic) bond motifs is 1. The summed E-state index contributed by atoms with van der Waals surface area (Å²) in [7, 11) is -1.84. The number of rotatable bonds is 8. The molecule has 5 atom stereocenters. The van der Waals surface area contributed by atoms with E-state index < -0.39 is 33.4 Å². The van der Waals surface area contributed by atoms with E-state index in [1.165, 1.54) is 4.90 Å². The third-order valence-corrected chi connectivity index (χ3v) is 10.1. The zero-order valence-electron chi connectivity index (χ0n) is 19.6. The van der Waals surface area contributed by atoms with E-state index in [-0.39, 0.29) is 36.4 Å². The summed E-state index contributed by atoms with van der Waals surface area (Å²) >= 11 is 0. The van der Waals surface area contributed by atoms with Gasteiger partial charge in [0.2, 0.25) is 15.9 Å². The Kier molecular flexibility index (Phi) is 6.61. The van der Waals surface area contributed by atoms with E-state index in [0.29, 0.717) is 52.0 Å². The molecule has 2 aliphatic carbocycles. The van der Waals surface area contributed by atoms with Crippen molar-refractivity contribution in [3.63, 3.8) is 0 Å². The smallest absolute Gasteiger partial charge is 0.319 e. The number of hydrazine groups is 1. The molecule has 5 rings (SSSR count). The molecule has 0 bridgehead atoms. The van der Waals surface area contributed by atoms with Crippen LogP contribution in [0.2, 0.25) is 0 Å². The van der Waals surface area contributed by atoms with Gasteiger partial charge in [-0.25, -0.2) is 27.3 Å². The van der Waals surface area contributed by atoms with Gasteiger partial charge in [0.15, 0.2) is 0 Å². The minimum atomic E-state index is -3.77. The lowest BCUT2D eigenvalue weighted by Crippen LogP contribution is -2.66. The van der Waals surface area contributed by atoms with Gasteiger partial charge in [-0.3, -0.25) is 20.4 Å². The molecular weight excluding hydrogens is 465 g/mol. The number of halogens is 1. The molecule has 0 spiro atoms. The molecule has 0 aromatic rings. The van der Waals surface area contributed by atoms with Gasteiger partial charge in [-0.15, -0.1) is 0 Å². The minimum Gasteiger partial charge on any atom is -0.319 e. The van der Waals surface area contributed by atoms with Crippen LogP contribution in [0, 0.1) is 11.8 Å². The summed E-state index contributed by atoms with van der Waals surface area (Å²) in [5, 5.41) is 7.75. The molecule has 0 aromatic carbocycles. The SMILES string of the molecule is CN1CC(CN2C(=O)C3CC(S(=O)(=O)NC4(CF)CC4)CCC3N(CC3CNCN3)C2=O)CN1. The first-order valence-corrected chi connectivity index (χ1v) is 13.9. The van der Waals surface area contributed by atoms with Crippen molar-refractivity contribution in [1.82, 2.24) is 35.6 Å². The fraction of sp³-hybridized carbons (Fsp3) is 0.905. The molecule has 34 heavy (non-hydrogen) atoms. The number of amides is 3. The molecule has 5 unspecified atom stereocenters. The monoisotopic (exact) mass is 501 g/mol. The van der Waals surface area contributed by atoms with Crippen LogP contribution in [0.4, 0.5) is 9.18 Å². The zero-order chi connectivity index (χ0) is 24.1. The van der Waals surface area contributed by atoms with E-state index in [9.17, 15) is 22.4 Å². The molecule has 4 N–H and O–H groups in total. The molecule has 5 fully saturated rings. The Labute approximate surface area is 200 Å². The highest BCUT2D eigenvalue weighted by Crippen LogP contribution is 2.41. The van der Waals surface area contributed by atoms with E-state index in [2.05, 4.69) is 20.8 Å². The average Bonchev–Trinajstić information content (AvgIpc) is 3.17. The van der Waals surface area contributed by atoms with Gasteiger partial charge < -0.3 is 10.2 Å². The molecule has 11 nitrogen and oxygen atoms in total. The van der Waals surface area contributed by atoms with E-state index in [1.54, 1.807) is 4.90 Å². The van der Waals surface area contributed by atoms with Crippen LogP contribution in [-0.2, 0) is 14.8 Å². The zero-order valence-corrected chi connectivity index (χ0v) is 20.4. The highest BCUT2D eigenvalue weighted by molar-refractivity contribution is 7.90. The van der Waals surface area contributed by atoms with Crippen molar-refractivity contribution >= 4 is 22.0 Å². The number of sulfonamides is 1. The predicted octanol–water partition coefficient (Wildman–Crippen LogP) is -1.21. The van der Waals surface area contributed by atoms with Crippen molar-refractivity contribution in [3.8, 4) is 0 Å². The Morgan fingerprint density at radius 3 is 2.59 bits per heavy atom. The molecule has 3 amide bonds. The molecule has 192 valence electrons. The first kappa shape index (κ1) is 24.3. The van der Waals surface area contributed by atoms with E-state index in [1.807, 2.05) is 12.1 Å². The standard InChI is InChI=1S/C21H36FN7O4S/c1-27-9-14(7-25-27)10-29-19(30)17-6-16(34(32,33)26-21(12-22)4-5-21)2-3-18(17)28(20(29)31)11-15-8-23-13-24-15/h14-18,23-26H,2-13H2,1H3. The number of hydrogen-bond acceptors (Lipinski definition) is 8. The van der Waals surface area contributed by atoms with Gasteiger partial charge in [-0.1, -0.05) is 0 Å². The molecule has 3 aliphatic heterocycles. The molecule has 3 heterocycles. The van der Waals surface area contributed by atoms with Crippen LogP contribution >= 0.6 is 0 Å². The number of imide groups is 1. The first-order chi connectivity index (χ1) is 16.2. The number of nitrogens with one attached hydrogen (secondary N) is 4. The quantitative estimate of drug-likeness (QED) is 0.327. The van der Waals surface area contributed by atoms with Crippen molar-refractivity contribution in [2.24, 2.45) is 11.8 Å². The van der Waals surface area contributed by atoms with Crippen LogP contribution in [-0.4, -0.2) is 111 Å². The fourth-order valence-electron chi connectivity index (χ4n) is 5.89. The number of alkyl halides is 1. The second-order valence-electron chi connectivity index (χ2n) is 10.7. The first-order valence-electron chi connectivity index (χ1n) is 12.3. The summed E-state index contributed by atoms with van der Waals surface area (Å²) in [6.45, 7) is 2.89. The van der Waals surface area contributed by atoms with E-state index >= 15 is 0 Å². The third kappa shape index (κ3) is 4.70. The van der Waals surface area contributed by atoms with Crippen LogP contribution in [0.15, 0.2) is 0 Å². The molecule has 5 aliphatic rings. The Hall–Kier alpha value is -1.38. The maximum Gasteiger partial charge on any atom is 0.327 e. The number of carbonyl (C=O) groups excluding carboxylic acids is 2. The van der Waals surface area contributed by atoms with Crippen LogP contribution < -0.4 is 20.8 Å². The number of nitrogens with zero attached hydrogens (tertiary/aromatic N) is 3. The maximum absolute atomic E-state index is 13.6. The summed E-state index contributed by atoms with van der Waals surface area (Å²) in [6.07, 6.45) is 1.95. The van der Waals surface area contributed by atoms with Gasteiger partial charge in [0.1, 0.15) is 6.67 Å². The molecule has 2 saturated carbocycles.